The molecule has 2 heterocycles. The summed E-state index contributed by atoms with van der Waals surface area (Å²) < 4.78 is 72.9. The van der Waals surface area contributed by atoms with Crippen LogP contribution in [0, 0.1) is 0 Å². The molecule has 3 aromatic carbocycles. The van der Waals surface area contributed by atoms with Gasteiger partial charge < -0.3 is 14.4 Å². The number of ether oxygens (including phenoxy) is 2. The molecule has 0 aliphatic carbocycles. The average molecular weight is 589 g/mol. The van der Waals surface area contributed by atoms with Gasteiger partial charge in [0, 0.05) is 17.4 Å². The average Bonchev–Trinajstić information content (AvgIpc) is 3.56. The zero-order valence-electron chi connectivity index (χ0n) is 21.2. The highest BCUT2D eigenvalue weighted by Crippen LogP contribution is 2.37. The van der Waals surface area contributed by atoms with Crippen LogP contribution in [-0.2, 0) is 0 Å². The van der Waals surface area contributed by atoms with Gasteiger partial charge in [0.25, 0.3) is 0 Å². The molecule has 14 heteroatoms. The highest BCUT2D eigenvalue weighted by molar-refractivity contribution is 8.14. The summed E-state index contributed by atoms with van der Waals surface area (Å²) in [6.45, 7) is -0.982. The number of thioether (sulfide) groups is 1. The molecule has 0 bridgehead atoms. The topological polar surface area (TPSA) is 77.1 Å². The van der Waals surface area contributed by atoms with E-state index in [0.29, 0.717) is 33.7 Å². The Morgan fingerprint density at radius 3 is 2.46 bits per heavy atom. The molecule has 212 valence electrons. The molecular weight excluding hydrogens is 567 g/mol. The van der Waals surface area contributed by atoms with Crippen LogP contribution in [0.25, 0.3) is 17.1 Å². The van der Waals surface area contributed by atoms with Gasteiger partial charge in [0.05, 0.1) is 17.6 Å². The number of aromatic nitrogens is 3. The van der Waals surface area contributed by atoms with Crippen LogP contribution in [0.3, 0.4) is 0 Å². The van der Waals surface area contributed by atoms with Crippen molar-refractivity contribution in [3.63, 3.8) is 0 Å². The van der Waals surface area contributed by atoms with E-state index in [1.807, 2.05) is 11.8 Å². The van der Waals surface area contributed by atoms with Crippen LogP contribution in [0.5, 0.6) is 11.5 Å². The number of halogens is 5. The van der Waals surface area contributed by atoms with Crippen LogP contribution >= 0.6 is 11.8 Å². The first-order valence-electron chi connectivity index (χ1n) is 12.1. The van der Waals surface area contributed by atoms with Crippen LogP contribution in [0.15, 0.2) is 89.3 Å². The van der Waals surface area contributed by atoms with Gasteiger partial charge in [-0.25, -0.2) is 9.67 Å². The van der Waals surface area contributed by atoms with E-state index in [2.05, 4.69) is 25.0 Å². The highest BCUT2D eigenvalue weighted by Gasteiger charge is 2.32. The molecule has 8 nitrogen and oxygen atoms in total. The van der Waals surface area contributed by atoms with Crippen molar-refractivity contribution >= 4 is 28.8 Å². The summed E-state index contributed by atoms with van der Waals surface area (Å²) in [5.41, 5.74) is 2.46. The van der Waals surface area contributed by atoms with Gasteiger partial charge in [0.15, 0.2) is 11.0 Å². The van der Waals surface area contributed by atoms with Crippen LogP contribution in [0.2, 0.25) is 0 Å². The van der Waals surface area contributed by atoms with Crippen molar-refractivity contribution in [2.24, 2.45) is 10.2 Å². The third kappa shape index (κ3) is 7.01. The lowest BCUT2D eigenvalue weighted by Gasteiger charge is -2.24. The van der Waals surface area contributed by atoms with Crippen LogP contribution < -0.4 is 14.4 Å². The minimum Gasteiger partial charge on any atom is -0.433 e. The lowest BCUT2D eigenvalue weighted by Crippen LogP contribution is -2.32. The number of anilines is 1. The third-order valence-corrected chi connectivity index (χ3v) is 6.97. The maximum absolute atomic E-state index is 12.9. The maximum Gasteiger partial charge on any atom is 0.573 e. The Hall–Kier alpha value is -4.46. The second-order valence-electron chi connectivity index (χ2n) is 8.68. The van der Waals surface area contributed by atoms with Crippen molar-refractivity contribution in [1.82, 2.24) is 14.8 Å². The molecule has 1 saturated heterocycles. The molecule has 5 rings (SSSR count). The monoisotopic (exact) mass is 588 g/mol. The van der Waals surface area contributed by atoms with E-state index in [-0.39, 0.29) is 17.5 Å². The maximum atomic E-state index is 12.9. The number of rotatable bonds is 8. The van der Waals surface area contributed by atoms with Crippen LogP contribution in [0.1, 0.15) is 12.5 Å². The van der Waals surface area contributed by atoms with Gasteiger partial charge in [-0.2, -0.15) is 13.9 Å². The fourth-order valence-electron chi connectivity index (χ4n) is 3.98. The van der Waals surface area contributed by atoms with Crippen molar-refractivity contribution in [1.29, 1.82) is 0 Å². The molecule has 1 aliphatic rings. The Bertz CT molecular complexity index is 1540. The molecule has 0 saturated carbocycles. The Morgan fingerprint density at radius 2 is 1.76 bits per heavy atom. The van der Waals surface area contributed by atoms with E-state index in [4.69, 9.17) is 4.74 Å². The summed E-state index contributed by atoms with van der Waals surface area (Å²) in [4.78, 5) is 6.10. The minimum atomic E-state index is -4.76. The Morgan fingerprint density at radius 1 is 1.02 bits per heavy atom. The third-order valence-electron chi connectivity index (χ3n) is 5.79. The number of hydrogen-bond donors (Lipinski definition) is 0. The van der Waals surface area contributed by atoms with Gasteiger partial charge in [-0.1, -0.05) is 48.2 Å². The number of benzene rings is 3. The Labute approximate surface area is 235 Å². The van der Waals surface area contributed by atoms with Crippen LogP contribution in [-0.4, -0.2) is 50.9 Å². The molecule has 0 N–H and O–H groups in total. The molecule has 4 aromatic rings. The first-order chi connectivity index (χ1) is 19.7. The molecule has 1 unspecified atom stereocenters. The van der Waals surface area contributed by atoms with E-state index in [9.17, 15) is 22.0 Å². The zero-order chi connectivity index (χ0) is 29.0. The number of nitrogens with zero attached hydrogens (tertiary/aromatic N) is 6. The first-order valence-corrected chi connectivity index (χ1v) is 13.1. The standard InChI is InChI=1S/C27H21F5N6O2S/c1-17-15-41-26(38(17)22-4-2-3-5-23(22)39-25(28)29)35-34-14-18-6-8-19(9-7-18)24-33-16-37(36-24)20-10-12-21(13-11-20)40-27(30,31)32/h2-14,16-17,25H,15H2,1H3. The lowest BCUT2D eigenvalue weighted by molar-refractivity contribution is -0.274. The Kier molecular flexibility index (Phi) is 8.19. The lowest BCUT2D eigenvalue weighted by atomic mass is 10.1. The number of para-hydroxylation sites is 2. The smallest absolute Gasteiger partial charge is 0.433 e. The predicted octanol–water partition coefficient (Wildman–Crippen LogP) is 6.77. The second-order valence-corrected chi connectivity index (χ2v) is 9.67. The number of hydrogen-bond acceptors (Lipinski definition) is 7. The summed E-state index contributed by atoms with van der Waals surface area (Å²) in [7, 11) is 0. The van der Waals surface area contributed by atoms with E-state index < -0.39 is 13.0 Å². The van der Waals surface area contributed by atoms with Crippen molar-refractivity contribution in [3.05, 3.63) is 84.7 Å². The predicted molar refractivity (Wildman–Crippen MR) is 146 cm³/mol. The SMILES string of the molecule is CC1CSC(=NN=Cc2ccc(-c3ncn(-c4ccc(OC(F)(F)F)cc4)n3)cc2)N1c1ccccc1OC(F)F. The van der Waals surface area contributed by atoms with Crippen molar-refractivity contribution < 1.29 is 31.4 Å². The van der Waals surface area contributed by atoms with Crippen molar-refractivity contribution in [2.45, 2.75) is 25.9 Å². The summed E-state index contributed by atoms with van der Waals surface area (Å²) in [6.07, 6.45) is -1.74. The molecule has 0 radical (unpaired) electrons. The summed E-state index contributed by atoms with van der Waals surface area (Å²) >= 11 is 1.46. The first kappa shape index (κ1) is 28.1. The Balaban J connectivity index is 1.26. The molecule has 41 heavy (non-hydrogen) atoms. The fraction of sp³-hybridized carbons (Fsp3) is 0.185. The molecule has 0 amide bonds. The van der Waals surface area contributed by atoms with Crippen molar-refractivity contribution in [3.8, 4) is 28.6 Å². The molecule has 1 aromatic heterocycles. The summed E-state index contributed by atoms with van der Waals surface area (Å²) in [5, 5.41) is 13.5. The normalized spacial score (nSPS) is 16.7. The van der Waals surface area contributed by atoms with E-state index in [1.54, 1.807) is 48.7 Å². The largest absolute Gasteiger partial charge is 0.573 e. The fourth-order valence-corrected chi connectivity index (χ4v) is 5.04. The van der Waals surface area contributed by atoms with E-state index in [0.717, 1.165) is 5.56 Å². The highest BCUT2D eigenvalue weighted by atomic mass is 32.2. The number of alkyl halides is 5. The zero-order valence-corrected chi connectivity index (χ0v) is 22.1. The number of amidine groups is 1. The quantitative estimate of drug-likeness (QED) is 0.129. The second kappa shape index (κ2) is 12.0. The molecule has 0 spiro atoms. The van der Waals surface area contributed by atoms with Gasteiger partial charge in [0.1, 0.15) is 17.8 Å². The van der Waals surface area contributed by atoms with Gasteiger partial charge >= 0.3 is 13.0 Å². The summed E-state index contributed by atoms with van der Waals surface area (Å²) in [5.74, 6) is 0.856. The van der Waals surface area contributed by atoms with Crippen LogP contribution in [0.4, 0.5) is 27.6 Å². The van der Waals surface area contributed by atoms with Gasteiger partial charge in [-0.15, -0.1) is 23.4 Å². The van der Waals surface area contributed by atoms with E-state index in [1.165, 1.54) is 53.1 Å². The van der Waals surface area contributed by atoms with Crippen molar-refractivity contribution in [2.75, 3.05) is 10.7 Å². The van der Waals surface area contributed by atoms with Gasteiger partial charge in [-0.05, 0) is 48.9 Å². The summed E-state index contributed by atoms with van der Waals surface area (Å²) in [6, 6.07) is 19.0. The van der Waals surface area contributed by atoms with Gasteiger partial charge in [-0.3, -0.25) is 0 Å². The molecular formula is C27H21F5N6O2S. The van der Waals surface area contributed by atoms with E-state index >= 15 is 0 Å². The minimum absolute atomic E-state index is 0.00544. The molecule has 1 aliphatic heterocycles. The molecule has 1 fully saturated rings. The molecule has 1 atom stereocenters. The van der Waals surface area contributed by atoms with Gasteiger partial charge in [0.2, 0.25) is 0 Å².